The number of amides is 1. The summed E-state index contributed by atoms with van der Waals surface area (Å²) >= 11 is 12.1. The lowest BCUT2D eigenvalue weighted by molar-refractivity contribution is 0.0978. The normalized spacial score (nSPS) is 11.7. The molecule has 0 saturated carbocycles. The fourth-order valence-electron chi connectivity index (χ4n) is 3.25. The van der Waals surface area contributed by atoms with Gasteiger partial charge < -0.3 is 0 Å². The van der Waals surface area contributed by atoms with E-state index in [1.807, 2.05) is 0 Å². The summed E-state index contributed by atoms with van der Waals surface area (Å²) in [5.74, 6) is -3.61. The number of carbonyl (C=O) groups excluding carboxylic acids is 1. The Balaban J connectivity index is 1.92. The molecule has 6 nitrogen and oxygen atoms in total. The van der Waals surface area contributed by atoms with Crippen LogP contribution < -0.4 is 4.72 Å². The Kier molecular flexibility index (Phi) is 5.85. The standard InChI is InChI=1S/C21H12Cl2F3N3O3S/c1-33(31,32)28-21(30)13-8-15(23)19(9-17(13)26)29-18-5-3-11(24)7-14(18)20(27-29)12-4-2-10(22)6-16(12)25/h2-9H,1H3,(H,28,30). The summed E-state index contributed by atoms with van der Waals surface area (Å²) in [5.41, 5.74) is -0.304. The highest BCUT2D eigenvalue weighted by Gasteiger charge is 2.22. The molecule has 0 aliphatic carbocycles. The summed E-state index contributed by atoms with van der Waals surface area (Å²) in [6, 6.07) is 9.32. The quantitative estimate of drug-likeness (QED) is 0.411. The van der Waals surface area contributed by atoms with Gasteiger partial charge in [0.15, 0.2) is 0 Å². The van der Waals surface area contributed by atoms with Crippen molar-refractivity contribution in [2.24, 2.45) is 0 Å². The van der Waals surface area contributed by atoms with Gasteiger partial charge in [0, 0.05) is 22.0 Å². The Morgan fingerprint density at radius 3 is 2.39 bits per heavy atom. The fourth-order valence-corrected chi connectivity index (χ4v) is 4.10. The van der Waals surface area contributed by atoms with Crippen molar-refractivity contribution in [2.75, 3.05) is 6.26 Å². The maximum atomic E-state index is 14.8. The van der Waals surface area contributed by atoms with E-state index in [0.29, 0.717) is 0 Å². The highest BCUT2D eigenvalue weighted by atomic mass is 35.5. The van der Waals surface area contributed by atoms with Crippen molar-refractivity contribution in [3.8, 4) is 16.9 Å². The molecule has 4 aromatic rings. The van der Waals surface area contributed by atoms with Gasteiger partial charge in [0.05, 0.1) is 28.0 Å². The van der Waals surface area contributed by atoms with Crippen LogP contribution in [0.1, 0.15) is 10.4 Å². The maximum Gasteiger partial charge on any atom is 0.267 e. The minimum absolute atomic E-state index is 0.0227. The first-order valence-electron chi connectivity index (χ1n) is 9.10. The van der Waals surface area contributed by atoms with E-state index in [1.54, 1.807) is 4.72 Å². The number of rotatable bonds is 4. The predicted octanol–water partition coefficient (Wildman–Crippen LogP) is 5.11. The zero-order chi connectivity index (χ0) is 24.1. The molecule has 0 aliphatic rings. The van der Waals surface area contributed by atoms with E-state index in [2.05, 4.69) is 5.10 Å². The second-order valence-corrected chi connectivity index (χ2v) is 9.62. The third-order valence-corrected chi connectivity index (χ3v) is 5.71. The summed E-state index contributed by atoms with van der Waals surface area (Å²) in [6.07, 6.45) is 0.741. The number of fused-ring (bicyclic) bond motifs is 1. The van der Waals surface area contributed by atoms with Gasteiger partial charge in [0.25, 0.3) is 5.91 Å². The number of nitrogens with one attached hydrogen (secondary N) is 1. The van der Waals surface area contributed by atoms with Gasteiger partial charge >= 0.3 is 0 Å². The molecule has 1 N–H and O–H groups in total. The lowest BCUT2D eigenvalue weighted by Crippen LogP contribution is -2.30. The molecule has 0 fully saturated rings. The van der Waals surface area contributed by atoms with Crippen LogP contribution in [0.25, 0.3) is 27.8 Å². The van der Waals surface area contributed by atoms with Crippen LogP contribution in [0.4, 0.5) is 13.2 Å². The van der Waals surface area contributed by atoms with Crippen LogP contribution in [0.3, 0.4) is 0 Å². The van der Waals surface area contributed by atoms with Crippen molar-refractivity contribution >= 4 is 50.0 Å². The minimum atomic E-state index is -3.94. The van der Waals surface area contributed by atoms with Crippen LogP contribution in [-0.4, -0.2) is 30.4 Å². The average molecular weight is 514 g/mol. The highest BCUT2D eigenvalue weighted by Crippen LogP contribution is 2.35. The smallest absolute Gasteiger partial charge is 0.267 e. The zero-order valence-electron chi connectivity index (χ0n) is 16.5. The fraction of sp³-hybridized carbons (Fsp3) is 0.0476. The number of nitrogens with zero attached hydrogens (tertiary/aromatic N) is 2. The van der Waals surface area contributed by atoms with E-state index < -0.39 is 38.9 Å². The number of halogens is 5. The van der Waals surface area contributed by atoms with Crippen LogP contribution in [0.15, 0.2) is 48.5 Å². The molecule has 12 heteroatoms. The third kappa shape index (κ3) is 4.54. The van der Waals surface area contributed by atoms with Crippen molar-refractivity contribution in [2.45, 2.75) is 0 Å². The number of benzene rings is 3. The number of aromatic nitrogens is 2. The Labute approximate surface area is 195 Å². The summed E-state index contributed by atoms with van der Waals surface area (Å²) < 4.78 is 68.7. The molecule has 0 radical (unpaired) electrons. The van der Waals surface area contributed by atoms with Gasteiger partial charge in [-0.2, -0.15) is 5.10 Å². The Morgan fingerprint density at radius 1 is 1.00 bits per heavy atom. The molecule has 33 heavy (non-hydrogen) atoms. The van der Waals surface area contributed by atoms with Gasteiger partial charge in [0.1, 0.15) is 23.1 Å². The molecule has 4 rings (SSSR count). The van der Waals surface area contributed by atoms with Crippen LogP contribution >= 0.6 is 23.2 Å². The average Bonchev–Trinajstić information content (AvgIpc) is 3.06. The Bertz CT molecular complexity index is 1560. The summed E-state index contributed by atoms with van der Waals surface area (Å²) in [7, 11) is -3.94. The van der Waals surface area contributed by atoms with E-state index in [-0.39, 0.29) is 37.9 Å². The number of hydrogen-bond acceptors (Lipinski definition) is 4. The summed E-state index contributed by atoms with van der Waals surface area (Å²) in [6.45, 7) is 0. The van der Waals surface area contributed by atoms with Gasteiger partial charge in [0.2, 0.25) is 10.0 Å². The lowest BCUT2D eigenvalue weighted by Gasteiger charge is -2.10. The van der Waals surface area contributed by atoms with E-state index in [1.165, 1.54) is 22.9 Å². The Morgan fingerprint density at radius 2 is 1.73 bits per heavy atom. The van der Waals surface area contributed by atoms with Gasteiger partial charge in [-0.05, 0) is 42.5 Å². The number of hydrogen-bond donors (Lipinski definition) is 1. The molecule has 1 heterocycles. The molecular formula is C21H12Cl2F3N3O3S. The van der Waals surface area contributed by atoms with E-state index in [4.69, 9.17) is 23.2 Å². The third-order valence-electron chi connectivity index (χ3n) is 4.62. The van der Waals surface area contributed by atoms with Crippen LogP contribution in [0.5, 0.6) is 0 Å². The second kappa shape index (κ2) is 8.36. The molecule has 1 aromatic heterocycles. The van der Waals surface area contributed by atoms with E-state index >= 15 is 0 Å². The molecule has 0 spiro atoms. The first-order chi connectivity index (χ1) is 15.4. The van der Waals surface area contributed by atoms with Crippen molar-refractivity contribution in [3.05, 3.63) is 81.6 Å². The van der Waals surface area contributed by atoms with Gasteiger partial charge in [-0.25, -0.2) is 31.0 Å². The van der Waals surface area contributed by atoms with Crippen LogP contribution in [-0.2, 0) is 10.0 Å². The van der Waals surface area contributed by atoms with Crippen LogP contribution in [0.2, 0.25) is 10.0 Å². The van der Waals surface area contributed by atoms with Gasteiger partial charge in [-0.1, -0.05) is 23.2 Å². The molecule has 0 saturated heterocycles. The number of sulfonamides is 1. The van der Waals surface area contributed by atoms with E-state index in [9.17, 15) is 26.4 Å². The highest BCUT2D eigenvalue weighted by molar-refractivity contribution is 7.89. The molecule has 0 bridgehead atoms. The molecule has 3 aromatic carbocycles. The topological polar surface area (TPSA) is 81.1 Å². The molecule has 1 amide bonds. The molecule has 0 atom stereocenters. The largest absolute Gasteiger partial charge is 0.268 e. The van der Waals surface area contributed by atoms with Gasteiger partial charge in [-0.15, -0.1) is 0 Å². The lowest BCUT2D eigenvalue weighted by atomic mass is 10.1. The maximum absolute atomic E-state index is 14.8. The van der Waals surface area contributed by atoms with E-state index in [0.717, 1.165) is 36.6 Å². The molecule has 0 unspecified atom stereocenters. The first-order valence-corrected chi connectivity index (χ1v) is 11.7. The Hall–Kier alpha value is -3.08. The summed E-state index contributed by atoms with van der Waals surface area (Å²) in [4.78, 5) is 12.1. The SMILES string of the molecule is CS(=O)(=O)NC(=O)c1cc(Cl)c(-n2nc(-c3ccc(Cl)cc3F)c3cc(F)ccc32)cc1F. The first kappa shape index (κ1) is 23.1. The molecule has 170 valence electrons. The number of carbonyl (C=O) groups is 1. The van der Waals surface area contributed by atoms with Crippen molar-refractivity contribution in [1.29, 1.82) is 0 Å². The summed E-state index contributed by atoms with van der Waals surface area (Å²) in [5, 5.41) is 4.52. The van der Waals surface area contributed by atoms with Gasteiger partial charge in [-0.3, -0.25) is 4.79 Å². The van der Waals surface area contributed by atoms with Crippen molar-refractivity contribution < 1.29 is 26.4 Å². The monoisotopic (exact) mass is 513 g/mol. The molecule has 0 aliphatic heterocycles. The predicted molar refractivity (Wildman–Crippen MR) is 119 cm³/mol. The second-order valence-electron chi connectivity index (χ2n) is 7.03. The zero-order valence-corrected chi connectivity index (χ0v) is 18.9. The van der Waals surface area contributed by atoms with Crippen molar-refractivity contribution in [3.63, 3.8) is 0 Å². The van der Waals surface area contributed by atoms with Crippen molar-refractivity contribution in [1.82, 2.24) is 14.5 Å². The molecular weight excluding hydrogens is 502 g/mol. The minimum Gasteiger partial charge on any atom is -0.268 e. The van der Waals surface area contributed by atoms with Crippen LogP contribution in [0, 0.1) is 17.5 Å².